The summed E-state index contributed by atoms with van der Waals surface area (Å²) < 4.78 is 12.4. The molecule has 7 heteroatoms. The summed E-state index contributed by atoms with van der Waals surface area (Å²) >= 11 is 0. The van der Waals surface area contributed by atoms with Gasteiger partial charge in [0.15, 0.2) is 0 Å². The topological polar surface area (TPSA) is 69.5 Å². The quantitative estimate of drug-likeness (QED) is 0.739. The van der Waals surface area contributed by atoms with E-state index in [0.717, 1.165) is 24.1 Å². The lowest BCUT2D eigenvalue weighted by Crippen LogP contribution is -2.42. The molecule has 0 spiro atoms. The zero-order chi connectivity index (χ0) is 16.1. The van der Waals surface area contributed by atoms with E-state index in [1.54, 1.807) is 4.68 Å². The van der Waals surface area contributed by atoms with Crippen LogP contribution in [0.2, 0.25) is 0 Å². The molecular formula is C16H22N4O3. The number of rotatable bonds is 6. The Morgan fingerprint density at radius 1 is 1.30 bits per heavy atom. The minimum Gasteiger partial charge on any atom is -0.466 e. The number of aromatic nitrogens is 3. The van der Waals surface area contributed by atoms with Gasteiger partial charge in [0.1, 0.15) is 5.52 Å². The standard InChI is InChI=1S/C16H22N4O3/c1-2-23-16(21)13(11-19-7-9-22-10-8-19)12-20-15-6-4-3-5-14(15)17-18-20/h3-6,13H,2,7-12H2,1H3. The van der Waals surface area contributed by atoms with Crippen molar-refractivity contribution in [3.05, 3.63) is 24.3 Å². The van der Waals surface area contributed by atoms with Crippen molar-refractivity contribution < 1.29 is 14.3 Å². The number of hydrogen-bond acceptors (Lipinski definition) is 6. The summed E-state index contributed by atoms with van der Waals surface area (Å²) in [7, 11) is 0. The molecule has 0 N–H and O–H groups in total. The maximum atomic E-state index is 12.3. The molecule has 0 radical (unpaired) electrons. The van der Waals surface area contributed by atoms with Gasteiger partial charge in [-0.1, -0.05) is 17.3 Å². The average Bonchev–Trinajstić information content (AvgIpc) is 2.99. The van der Waals surface area contributed by atoms with E-state index in [2.05, 4.69) is 15.2 Å². The van der Waals surface area contributed by atoms with E-state index in [9.17, 15) is 4.79 Å². The maximum absolute atomic E-state index is 12.3. The molecule has 1 aromatic heterocycles. The molecule has 1 atom stereocenters. The summed E-state index contributed by atoms with van der Waals surface area (Å²) in [4.78, 5) is 14.6. The smallest absolute Gasteiger partial charge is 0.312 e. The van der Waals surface area contributed by atoms with Crippen LogP contribution in [0.1, 0.15) is 6.92 Å². The first-order valence-corrected chi connectivity index (χ1v) is 8.03. The van der Waals surface area contributed by atoms with Crippen LogP contribution in [-0.4, -0.2) is 65.3 Å². The number of ether oxygens (including phenoxy) is 2. The monoisotopic (exact) mass is 318 g/mol. The lowest BCUT2D eigenvalue weighted by atomic mass is 10.1. The van der Waals surface area contributed by atoms with Crippen LogP contribution in [0.15, 0.2) is 24.3 Å². The number of para-hydroxylation sites is 1. The highest BCUT2D eigenvalue weighted by Crippen LogP contribution is 2.14. The highest BCUT2D eigenvalue weighted by Gasteiger charge is 2.25. The van der Waals surface area contributed by atoms with E-state index in [1.165, 1.54) is 0 Å². The summed E-state index contributed by atoms with van der Waals surface area (Å²) in [5.74, 6) is -0.447. The zero-order valence-corrected chi connectivity index (χ0v) is 13.4. The van der Waals surface area contributed by atoms with Gasteiger partial charge in [-0.3, -0.25) is 9.69 Å². The van der Waals surface area contributed by atoms with E-state index in [0.29, 0.717) is 32.9 Å². The van der Waals surface area contributed by atoms with Gasteiger partial charge in [0, 0.05) is 19.6 Å². The Balaban J connectivity index is 1.75. The van der Waals surface area contributed by atoms with Gasteiger partial charge >= 0.3 is 5.97 Å². The van der Waals surface area contributed by atoms with Crippen molar-refractivity contribution in [3.8, 4) is 0 Å². The molecule has 1 aliphatic rings. The third kappa shape index (κ3) is 3.86. The molecular weight excluding hydrogens is 296 g/mol. The van der Waals surface area contributed by atoms with Crippen LogP contribution >= 0.6 is 0 Å². The number of benzene rings is 1. The Morgan fingerprint density at radius 2 is 2.09 bits per heavy atom. The Hall–Kier alpha value is -1.99. The third-order valence-corrected chi connectivity index (χ3v) is 4.02. The van der Waals surface area contributed by atoms with E-state index >= 15 is 0 Å². The minimum atomic E-state index is -0.266. The number of carbonyl (C=O) groups is 1. The van der Waals surface area contributed by atoms with Gasteiger partial charge in [0.25, 0.3) is 0 Å². The van der Waals surface area contributed by atoms with Crippen LogP contribution in [-0.2, 0) is 20.8 Å². The number of morpholine rings is 1. The van der Waals surface area contributed by atoms with Crippen molar-refractivity contribution >= 4 is 17.0 Å². The highest BCUT2D eigenvalue weighted by molar-refractivity contribution is 5.75. The summed E-state index contributed by atoms with van der Waals surface area (Å²) in [5.41, 5.74) is 1.77. The summed E-state index contributed by atoms with van der Waals surface area (Å²) in [6.45, 7) is 6.43. The van der Waals surface area contributed by atoms with Gasteiger partial charge in [0.2, 0.25) is 0 Å². The molecule has 23 heavy (non-hydrogen) atoms. The first-order valence-electron chi connectivity index (χ1n) is 8.03. The fourth-order valence-corrected chi connectivity index (χ4v) is 2.82. The summed E-state index contributed by atoms with van der Waals surface area (Å²) in [6.07, 6.45) is 0. The SMILES string of the molecule is CCOC(=O)C(CN1CCOCC1)Cn1nnc2ccccc21. The first kappa shape index (κ1) is 15.9. The van der Waals surface area contributed by atoms with Crippen LogP contribution < -0.4 is 0 Å². The van der Waals surface area contributed by atoms with Gasteiger partial charge in [-0.25, -0.2) is 4.68 Å². The largest absolute Gasteiger partial charge is 0.466 e. The Morgan fingerprint density at radius 3 is 2.87 bits per heavy atom. The van der Waals surface area contributed by atoms with E-state index in [4.69, 9.17) is 9.47 Å². The van der Waals surface area contributed by atoms with Gasteiger partial charge < -0.3 is 9.47 Å². The Bertz CT molecular complexity index is 652. The van der Waals surface area contributed by atoms with Crippen molar-refractivity contribution in [3.63, 3.8) is 0 Å². The van der Waals surface area contributed by atoms with E-state index in [-0.39, 0.29) is 11.9 Å². The predicted octanol–water partition coefficient (Wildman–Crippen LogP) is 0.943. The second-order valence-electron chi connectivity index (χ2n) is 5.62. The summed E-state index contributed by atoms with van der Waals surface area (Å²) in [6, 6.07) is 7.76. The van der Waals surface area contributed by atoms with Gasteiger partial charge in [-0.15, -0.1) is 5.10 Å². The number of esters is 1. The summed E-state index contributed by atoms with van der Waals surface area (Å²) in [5, 5.41) is 8.34. The normalized spacial score (nSPS) is 17.3. The van der Waals surface area contributed by atoms with E-state index in [1.807, 2.05) is 31.2 Å². The van der Waals surface area contributed by atoms with Crippen molar-refractivity contribution in [2.24, 2.45) is 5.92 Å². The fourth-order valence-electron chi connectivity index (χ4n) is 2.82. The molecule has 1 unspecified atom stereocenters. The third-order valence-electron chi connectivity index (χ3n) is 4.02. The molecule has 0 aliphatic carbocycles. The zero-order valence-electron chi connectivity index (χ0n) is 13.4. The molecule has 0 amide bonds. The minimum absolute atomic E-state index is 0.182. The predicted molar refractivity (Wildman–Crippen MR) is 84.9 cm³/mol. The maximum Gasteiger partial charge on any atom is 0.312 e. The molecule has 124 valence electrons. The van der Waals surface area contributed by atoms with Crippen molar-refractivity contribution in [1.82, 2.24) is 19.9 Å². The Labute approximate surface area is 135 Å². The molecule has 3 rings (SSSR count). The molecule has 7 nitrogen and oxygen atoms in total. The molecule has 0 saturated carbocycles. The second kappa shape index (κ2) is 7.52. The van der Waals surface area contributed by atoms with Crippen LogP contribution in [0.4, 0.5) is 0 Å². The first-order chi connectivity index (χ1) is 11.3. The van der Waals surface area contributed by atoms with Gasteiger partial charge in [-0.2, -0.15) is 0 Å². The number of hydrogen-bond donors (Lipinski definition) is 0. The molecule has 1 aliphatic heterocycles. The number of nitrogens with zero attached hydrogens (tertiary/aromatic N) is 4. The fraction of sp³-hybridized carbons (Fsp3) is 0.562. The Kier molecular flexibility index (Phi) is 5.19. The lowest BCUT2D eigenvalue weighted by Gasteiger charge is -2.29. The average molecular weight is 318 g/mol. The molecule has 1 aromatic carbocycles. The van der Waals surface area contributed by atoms with Gasteiger partial charge in [0.05, 0.1) is 37.8 Å². The second-order valence-corrected chi connectivity index (χ2v) is 5.62. The van der Waals surface area contributed by atoms with Crippen LogP contribution in [0.3, 0.4) is 0 Å². The molecule has 2 aromatic rings. The van der Waals surface area contributed by atoms with Crippen LogP contribution in [0.25, 0.3) is 11.0 Å². The highest BCUT2D eigenvalue weighted by atomic mass is 16.5. The van der Waals surface area contributed by atoms with Crippen LogP contribution in [0.5, 0.6) is 0 Å². The molecule has 2 heterocycles. The molecule has 1 fully saturated rings. The lowest BCUT2D eigenvalue weighted by molar-refractivity contribution is -0.149. The van der Waals surface area contributed by atoms with Crippen molar-refractivity contribution in [2.75, 3.05) is 39.5 Å². The van der Waals surface area contributed by atoms with Crippen molar-refractivity contribution in [2.45, 2.75) is 13.5 Å². The van der Waals surface area contributed by atoms with Crippen LogP contribution in [0, 0.1) is 5.92 Å². The molecule has 1 saturated heterocycles. The van der Waals surface area contributed by atoms with E-state index < -0.39 is 0 Å². The number of carbonyl (C=O) groups excluding carboxylic acids is 1. The van der Waals surface area contributed by atoms with Crippen molar-refractivity contribution in [1.29, 1.82) is 0 Å². The van der Waals surface area contributed by atoms with Gasteiger partial charge in [-0.05, 0) is 19.1 Å². The molecule has 0 bridgehead atoms. The number of fused-ring (bicyclic) bond motifs is 1.